The number of thiophene rings is 1. The van der Waals surface area contributed by atoms with E-state index in [0.29, 0.717) is 16.3 Å². The van der Waals surface area contributed by atoms with E-state index in [1.807, 2.05) is 55.5 Å². The number of hydrogen-bond acceptors (Lipinski definition) is 5. The number of anilines is 1. The summed E-state index contributed by atoms with van der Waals surface area (Å²) in [5, 5.41) is 3.27. The molecule has 0 saturated carbocycles. The molecule has 2 aromatic carbocycles. The summed E-state index contributed by atoms with van der Waals surface area (Å²) in [5.41, 5.74) is 2.04. The zero-order chi connectivity index (χ0) is 20.8. The van der Waals surface area contributed by atoms with E-state index in [2.05, 4.69) is 21.2 Å². The molecule has 0 radical (unpaired) electrons. The van der Waals surface area contributed by atoms with Gasteiger partial charge in [0, 0.05) is 10.4 Å². The van der Waals surface area contributed by atoms with Crippen LogP contribution in [0.15, 0.2) is 59.1 Å². The summed E-state index contributed by atoms with van der Waals surface area (Å²) in [6, 6.07) is 16.9. The van der Waals surface area contributed by atoms with Gasteiger partial charge in [0.2, 0.25) is 0 Å². The van der Waals surface area contributed by atoms with Gasteiger partial charge in [-0.1, -0.05) is 42.5 Å². The molecule has 0 fully saturated rings. The highest BCUT2D eigenvalue weighted by molar-refractivity contribution is 9.10. The number of esters is 1. The lowest BCUT2D eigenvalue weighted by Crippen LogP contribution is -2.21. The Balaban J connectivity index is 1.85. The molecule has 0 atom stereocenters. The van der Waals surface area contributed by atoms with E-state index in [1.54, 1.807) is 13.0 Å². The van der Waals surface area contributed by atoms with Crippen LogP contribution >= 0.6 is 27.3 Å². The molecule has 0 aliphatic rings. The first-order chi connectivity index (χ1) is 14.0. The first-order valence-corrected chi connectivity index (χ1v) is 10.6. The zero-order valence-corrected chi connectivity index (χ0v) is 18.4. The molecule has 3 aromatic rings. The van der Waals surface area contributed by atoms with Gasteiger partial charge < -0.3 is 14.8 Å². The molecule has 0 spiro atoms. The number of rotatable bonds is 7. The van der Waals surface area contributed by atoms with Gasteiger partial charge in [-0.15, -0.1) is 11.3 Å². The maximum absolute atomic E-state index is 12.7. The van der Waals surface area contributed by atoms with Crippen molar-refractivity contribution < 1.29 is 19.1 Å². The van der Waals surface area contributed by atoms with E-state index in [1.165, 1.54) is 11.3 Å². The molecule has 1 amide bonds. The molecule has 0 aliphatic heterocycles. The number of carbonyl (C=O) groups excluding carboxylic acids is 2. The summed E-state index contributed by atoms with van der Waals surface area (Å²) in [6.07, 6.45) is 0. The van der Waals surface area contributed by atoms with Crippen LogP contribution < -0.4 is 10.1 Å². The van der Waals surface area contributed by atoms with Gasteiger partial charge >= 0.3 is 5.97 Å². The molecule has 0 unspecified atom stereocenters. The van der Waals surface area contributed by atoms with E-state index in [4.69, 9.17) is 9.47 Å². The third kappa shape index (κ3) is 5.05. The fraction of sp³-hybridized carbons (Fsp3) is 0.182. The van der Waals surface area contributed by atoms with Crippen LogP contribution in [0.2, 0.25) is 0 Å². The van der Waals surface area contributed by atoms with Gasteiger partial charge in [-0.05, 0) is 47.5 Å². The van der Waals surface area contributed by atoms with Crippen LogP contribution in [-0.2, 0) is 9.53 Å². The van der Waals surface area contributed by atoms with Crippen molar-refractivity contribution in [3.05, 3.63) is 69.5 Å². The molecule has 3 rings (SSSR count). The number of carbonyl (C=O) groups is 2. The van der Waals surface area contributed by atoms with Gasteiger partial charge in [0.15, 0.2) is 6.61 Å². The first kappa shape index (κ1) is 21.1. The largest absolute Gasteiger partial charge is 0.483 e. The number of para-hydroxylation sites is 1. The number of aryl methyl sites for hydroxylation is 1. The van der Waals surface area contributed by atoms with Crippen LogP contribution in [-0.4, -0.2) is 25.1 Å². The highest BCUT2D eigenvalue weighted by Gasteiger charge is 2.25. The predicted molar refractivity (Wildman–Crippen MR) is 119 cm³/mol. The predicted octanol–water partition coefficient (Wildman–Crippen LogP) is 5.68. The van der Waals surface area contributed by atoms with Crippen molar-refractivity contribution in [2.45, 2.75) is 13.8 Å². The van der Waals surface area contributed by atoms with Crippen molar-refractivity contribution in [1.82, 2.24) is 0 Å². The van der Waals surface area contributed by atoms with Crippen LogP contribution in [0.1, 0.15) is 22.2 Å². The van der Waals surface area contributed by atoms with Crippen LogP contribution in [0.4, 0.5) is 5.00 Å². The Labute approximate surface area is 181 Å². The van der Waals surface area contributed by atoms with Crippen molar-refractivity contribution in [3.8, 4) is 16.9 Å². The SMILES string of the molecule is CCOC(=O)c1c(NC(=O)COc2ccccc2Br)sc(C)c1-c1ccccc1. The summed E-state index contributed by atoms with van der Waals surface area (Å²) in [7, 11) is 0. The average molecular weight is 474 g/mol. The highest BCUT2D eigenvalue weighted by atomic mass is 79.9. The Morgan fingerprint density at radius 2 is 1.76 bits per heavy atom. The van der Waals surface area contributed by atoms with E-state index >= 15 is 0 Å². The third-order valence-electron chi connectivity index (χ3n) is 4.07. The molecule has 29 heavy (non-hydrogen) atoms. The topological polar surface area (TPSA) is 64.6 Å². The first-order valence-electron chi connectivity index (χ1n) is 9.04. The van der Waals surface area contributed by atoms with E-state index < -0.39 is 5.97 Å². The zero-order valence-electron chi connectivity index (χ0n) is 16.0. The Bertz CT molecular complexity index is 1020. The lowest BCUT2D eigenvalue weighted by molar-refractivity contribution is -0.118. The molecule has 0 saturated heterocycles. The molecular weight excluding hydrogens is 454 g/mol. The Hall–Kier alpha value is -2.64. The minimum absolute atomic E-state index is 0.178. The molecule has 7 heteroatoms. The van der Waals surface area contributed by atoms with Crippen molar-refractivity contribution >= 4 is 44.1 Å². The van der Waals surface area contributed by atoms with Crippen molar-refractivity contribution in [3.63, 3.8) is 0 Å². The van der Waals surface area contributed by atoms with Gasteiger partial charge in [0.05, 0.1) is 11.1 Å². The Kier molecular flexibility index (Phi) is 7.06. The van der Waals surface area contributed by atoms with Gasteiger partial charge in [-0.25, -0.2) is 4.79 Å². The maximum Gasteiger partial charge on any atom is 0.341 e. The molecular formula is C22H20BrNO4S. The fourth-order valence-electron chi connectivity index (χ4n) is 2.85. The van der Waals surface area contributed by atoms with Crippen molar-refractivity contribution in [1.29, 1.82) is 0 Å². The van der Waals surface area contributed by atoms with Crippen molar-refractivity contribution in [2.75, 3.05) is 18.5 Å². The molecule has 1 N–H and O–H groups in total. The lowest BCUT2D eigenvalue weighted by Gasteiger charge is -2.10. The van der Waals surface area contributed by atoms with Gasteiger partial charge in [0.1, 0.15) is 16.3 Å². The number of benzene rings is 2. The minimum atomic E-state index is -0.460. The molecule has 1 aromatic heterocycles. The smallest absolute Gasteiger partial charge is 0.341 e. The molecule has 1 heterocycles. The van der Waals surface area contributed by atoms with Gasteiger partial charge in [-0.3, -0.25) is 4.79 Å². The van der Waals surface area contributed by atoms with E-state index in [-0.39, 0.29) is 19.1 Å². The summed E-state index contributed by atoms with van der Waals surface area (Å²) in [4.78, 5) is 26.1. The quantitative estimate of drug-likeness (QED) is 0.448. The number of nitrogens with one attached hydrogen (secondary N) is 1. The second-order valence-corrected chi connectivity index (χ2v) is 8.17. The summed E-state index contributed by atoms with van der Waals surface area (Å²) < 4.78 is 11.6. The normalized spacial score (nSPS) is 10.4. The fourth-order valence-corrected chi connectivity index (χ4v) is 4.33. The summed E-state index contributed by atoms with van der Waals surface area (Å²) >= 11 is 4.73. The molecule has 0 bridgehead atoms. The maximum atomic E-state index is 12.7. The van der Waals surface area contributed by atoms with Gasteiger partial charge in [0.25, 0.3) is 5.91 Å². The third-order valence-corrected chi connectivity index (χ3v) is 5.75. The van der Waals surface area contributed by atoms with Crippen LogP contribution in [0, 0.1) is 6.92 Å². The second-order valence-electron chi connectivity index (χ2n) is 6.09. The standard InChI is InChI=1S/C22H20BrNO4S/c1-3-27-22(26)20-19(15-9-5-4-6-10-15)14(2)29-21(20)24-18(25)13-28-17-12-8-7-11-16(17)23/h4-12H,3,13H2,1-2H3,(H,24,25). The Morgan fingerprint density at radius 1 is 1.07 bits per heavy atom. The van der Waals surface area contributed by atoms with Crippen LogP contribution in [0.5, 0.6) is 5.75 Å². The molecule has 0 aliphatic carbocycles. The van der Waals surface area contributed by atoms with E-state index in [0.717, 1.165) is 20.5 Å². The summed E-state index contributed by atoms with van der Waals surface area (Å²) in [5.74, 6) is -0.245. The number of ether oxygens (including phenoxy) is 2. The van der Waals surface area contributed by atoms with Crippen molar-refractivity contribution in [2.24, 2.45) is 0 Å². The highest BCUT2D eigenvalue weighted by Crippen LogP contribution is 2.40. The number of halogens is 1. The number of hydrogen-bond donors (Lipinski definition) is 1. The average Bonchev–Trinajstić information content (AvgIpc) is 3.04. The van der Waals surface area contributed by atoms with Gasteiger partial charge in [-0.2, -0.15) is 0 Å². The second kappa shape index (κ2) is 9.71. The van der Waals surface area contributed by atoms with E-state index in [9.17, 15) is 9.59 Å². The molecule has 5 nitrogen and oxygen atoms in total. The van der Waals surface area contributed by atoms with Crippen LogP contribution in [0.3, 0.4) is 0 Å². The monoisotopic (exact) mass is 473 g/mol. The minimum Gasteiger partial charge on any atom is -0.483 e. The number of amides is 1. The van der Waals surface area contributed by atoms with Crippen LogP contribution in [0.25, 0.3) is 11.1 Å². The Morgan fingerprint density at radius 3 is 2.45 bits per heavy atom. The molecule has 150 valence electrons. The summed E-state index contributed by atoms with van der Waals surface area (Å²) in [6.45, 7) is 3.75. The lowest BCUT2D eigenvalue weighted by atomic mass is 10.0.